The van der Waals surface area contributed by atoms with Crippen LogP contribution in [0.3, 0.4) is 0 Å². The van der Waals surface area contributed by atoms with E-state index < -0.39 is 0 Å². The van der Waals surface area contributed by atoms with Crippen molar-refractivity contribution in [1.29, 1.82) is 0 Å². The second kappa shape index (κ2) is 5.26. The third-order valence-electron chi connectivity index (χ3n) is 3.35. The molecule has 1 saturated carbocycles. The van der Waals surface area contributed by atoms with E-state index in [1.807, 2.05) is 12.4 Å². The molecule has 2 nitrogen and oxygen atoms in total. The lowest BCUT2D eigenvalue weighted by atomic mass is 9.79. The third kappa shape index (κ3) is 2.78. The summed E-state index contributed by atoms with van der Waals surface area (Å²) in [6.07, 6.45) is 9.35. The highest BCUT2D eigenvalue weighted by atomic mass is 14.9. The van der Waals surface area contributed by atoms with Gasteiger partial charge in [-0.2, -0.15) is 0 Å². The molecule has 15 heavy (non-hydrogen) atoms. The van der Waals surface area contributed by atoms with Crippen molar-refractivity contribution in [2.45, 2.75) is 38.6 Å². The monoisotopic (exact) mass is 204 g/mol. The molecule has 1 aromatic heterocycles. The molecule has 0 bridgehead atoms. The van der Waals surface area contributed by atoms with E-state index in [-0.39, 0.29) is 0 Å². The van der Waals surface area contributed by atoms with Crippen LogP contribution in [0.4, 0.5) is 0 Å². The van der Waals surface area contributed by atoms with Crippen molar-refractivity contribution in [2.24, 2.45) is 5.92 Å². The Balaban J connectivity index is 1.98. The Morgan fingerprint density at radius 3 is 2.67 bits per heavy atom. The summed E-state index contributed by atoms with van der Waals surface area (Å²) in [4.78, 5) is 4.07. The molecule has 1 unspecified atom stereocenters. The molecule has 0 spiro atoms. The maximum atomic E-state index is 4.07. The Morgan fingerprint density at radius 2 is 2.13 bits per heavy atom. The summed E-state index contributed by atoms with van der Waals surface area (Å²) in [6.45, 7) is 3.22. The van der Waals surface area contributed by atoms with Gasteiger partial charge in [0.1, 0.15) is 0 Å². The summed E-state index contributed by atoms with van der Waals surface area (Å²) in [7, 11) is 0. The second-order valence-corrected chi connectivity index (χ2v) is 4.42. The predicted octanol–water partition coefficient (Wildman–Crippen LogP) is 2.92. The Morgan fingerprint density at radius 1 is 1.40 bits per heavy atom. The van der Waals surface area contributed by atoms with Crippen LogP contribution in [0.1, 0.15) is 44.2 Å². The summed E-state index contributed by atoms with van der Waals surface area (Å²) in [5.41, 5.74) is 1.39. The average molecular weight is 204 g/mol. The van der Waals surface area contributed by atoms with E-state index in [0.29, 0.717) is 6.04 Å². The smallest absolute Gasteiger partial charge is 0.0323 e. The lowest BCUT2D eigenvalue weighted by Gasteiger charge is -2.30. The van der Waals surface area contributed by atoms with Gasteiger partial charge in [-0.15, -0.1) is 0 Å². The van der Waals surface area contributed by atoms with Gasteiger partial charge in [0, 0.05) is 18.4 Å². The van der Waals surface area contributed by atoms with Gasteiger partial charge in [0.05, 0.1) is 0 Å². The zero-order valence-electron chi connectivity index (χ0n) is 9.45. The van der Waals surface area contributed by atoms with Crippen LogP contribution in [-0.4, -0.2) is 11.5 Å². The van der Waals surface area contributed by atoms with Gasteiger partial charge < -0.3 is 5.32 Å². The predicted molar refractivity (Wildman–Crippen MR) is 62.6 cm³/mol. The van der Waals surface area contributed by atoms with Gasteiger partial charge in [-0.25, -0.2) is 0 Å². The van der Waals surface area contributed by atoms with Crippen LogP contribution in [0, 0.1) is 5.92 Å². The first-order valence-corrected chi connectivity index (χ1v) is 6.03. The molecule has 0 saturated heterocycles. The quantitative estimate of drug-likeness (QED) is 0.797. The van der Waals surface area contributed by atoms with Gasteiger partial charge in [-0.05, 0) is 36.6 Å². The van der Waals surface area contributed by atoms with Crippen LogP contribution in [0.2, 0.25) is 0 Å². The van der Waals surface area contributed by atoms with Crippen LogP contribution in [0.25, 0.3) is 0 Å². The highest BCUT2D eigenvalue weighted by Crippen LogP contribution is 2.34. The normalized spacial score (nSPS) is 18.5. The number of nitrogens with one attached hydrogen (secondary N) is 1. The molecule has 2 heteroatoms. The van der Waals surface area contributed by atoms with Crippen LogP contribution in [0.5, 0.6) is 0 Å². The lowest BCUT2D eigenvalue weighted by Crippen LogP contribution is -2.25. The summed E-state index contributed by atoms with van der Waals surface area (Å²) in [6, 6.07) is 4.79. The van der Waals surface area contributed by atoms with Gasteiger partial charge in [-0.1, -0.05) is 26.2 Å². The van der Waals surface area contributed by atoms with Crippen molar-refractivity contribution < 1.29 is 0 Å². The molecule has 1 aromatic rings. The molecule has 0 aliphatic heterocycles. The Kier molecular flexibility index (Phi) is 3.73. The lowest BCUT2D eigenvalue weighted by molar-refractivity contribution is 0.262. The summed E-state index contributed by atoms with van der Waals surface area (Å²) in [5, 5.41) is 3.57. The Bertz CT molecular complexity index is 280. The Hall–Kier alpha value is -0.890. The molecule has 1 atom stereocenters. The topological polar surface area (TPSA) is 24.9 Å². The van der Waals surface area contributed by atoms with E-state index in [1.165, 1.54) is 31.2 Å². The number of hydrogen-bond donors (Lipinski definition) is 1. The highest BCUT2D eigenvalue weighted by molar-refractivity contribution is 5.15. The van der Waals surface area contributed by atoms with Gasteiger partial charge in [-0.3, -0.25) is 4.98 Å². The molecule has 1 aliphatic rings. The van der Waals surface area contributed by atoms with E-state index in [1.54, 1.807) is 0 Å². The number of rotatable bonds is 5. The van der Waals surface area contributed by atoms with E-state index in [2.05, 4.69) is 29.4 Å². The van der Waals surface area contributed by atoms with Crippen molar-refractivity contribution in [1.82, 2.24) is 10.3 Å². The van der Waals surface area contributed by atoms with Crippen molar-refractivity contribution in [3.8, 4) is 0 Å². The fourth-order valence-corrected chi connectivity index (χ4v) is 2.24. The molecule has 1 heterocycles. The first-order chi connectivity index (χ1) is 7.40. The van der Waals surface area contributed by atoms with Crippen molar-refractivity contribution in [2.75, 3.05) is 6.54 Å². The van der Waals surface area contributed by atoms with E-state index >= 15 is 0 Å². The molecule has 1 fully saturated rings. The standard InChI is InChI=1S/C13H20N2/c1-2-15-13(10-11-4-3-5-11)12-6-8-14-9-7-12/h6-9,11,13,15H,2-5,10H2,1H3. The Labute approximate surface area is 92.1 Å². The molecule has 82 valence electrons. The maximum absolute atomic E-state index is 4.07. The summed E-state index contributed by atoms with van der Waals surface area (Å²) < 4.78 is 0. The number of aromatic nitrogens is 1. The number of hydrogen-bond acceptors (Lipinski definition) is 2. The molecule has 1 aliphatic carbocycles. The molecular formula is C13H20N2. The number of pyridine rings is 1. The molecular weight excluding hydrogens is 184 g/mol. The van der Waals surface area contributed by atoms with E-state index in [9.17, 15) is 0 Å². The largest absolute Gasteiger partial charge is 0.310 e. The highest BCUT2D eigenvalue weighted by Gasteiger charge is 2.22. The van der Waals surface area contributed by atoms with Gasteiger partial charge in [0.25, 0.3) is 0 Å². The summed E-state index contributed by atoms with van der Waals surface area (Å²) >= 11 is 0. The average Bonchev–Trinajstić information content (AvgIpc) is 2.23. The maximum Gasteiger partial charge on any atom is 0.0323 e. The minimum Gasteiger partial charge on any atom is -0.310 e. The minimum absolute atomic E-state index is 0.531. The molecule has 0 amide bonds. The first-order valence-electron chi connectivity index (χ1n) is 6.03. The van der Waals surface area contributed by atoms with Gasteiger partial charge >= 0.3 is 0 Å². The molecule has 0 aromatic carbocycles. The zero-order valence-corrected chi connectivity index (χ0v) is 9.45. The number of nitrogens with zero attached hydrogens (tertiary/aromatic N) is 1. The van der Waals surface area contributed by atoms with E-state index in [4.69, 9.17) is 0 Å². The SMILES string of the molecule is CCNC(CC1CCC1)c1ccncc1. The van der Waals surface area contributed by atoms with Gasteiger partial charge in [0.15, 0.2) is 0 Å². The van der Waals surface area contributed by atoms with Crippen LogP contribution >= 0.6 is 0 Å². The summed E-state index contributed by atoms with van der Waals surface area (Å²) in [5.74, 6) is 0.946. The minimum atomic E-state index is 0.531. The van der Waals surface area contributed by atoms with Crippen molar-refractivity contribution in [3.05, 3.63) is 30.1 Å². The molecule has 1 N–H and O–H groups in total. The second-order valence-electron chi connectivity index (χ2n) is 4.42. The van der Waals surface area contributed by atoms with Crippen LogP contribution in [-0.2, 0) is 0 Å². The third-order valence-corrected chi connectivity index (χ3v) is 3.35. The van der Waals surface area contributed by atoms with Crippen molar-refractivity contribution >= 4 is 0 Å². The van der Waals surface area contributed by atoms with Crippen molar-refractivity contribution in [3.63, 3.8) is 0 Å². The fourth-order valence-electron chi connectivity index (χ4n) is 2.24. The molecule has 0 radical (unpaired) electrons. The fraction of sp³-hybridized carbons (Fsp3) is 0.615. The first kappa shape index (κ1) is 10.6. The zero-order chi connectivity index (χ0) is 10.5. The van der Waals surface area contributed by atoms with Crippen LogP contribution in [0.15, 0.2) is 24.5 Å². The van der Waals surface area contributed by atoms with Crippen LogP contribution < -0.4 is 5.32 Å². The van der Waals surface area contributed by atoms with E-state index in [0.717, 1.165) is 12.5 Å². The van der Waals surface area contributed by atoms with Gasteiger partial charge in [0.2, 0.25) is 0 Å². The molecule has 2 rings (SSSR count).